The first-order valence-electron chi connectivity index (χ1n) is 5.35. The summed E-state index contributed by atoms with van der Waals surface area (Å²) in [6, 6.07) is 0. The fourth-order valence-corrected chi connectivity index (χ4v) is 1.40. The number of ether oxygens (including phenoxy) is 2. The lowest BCUT2D eigenvalue weighted by molar-refractivity contribution is -0.157. The molecule has 0 radical (unpaired) electrons. The predicted molar refractivity (Wildman–Crippen MR) is 60.8 cm³/mol. The second kappa shape index (κ2) is 6.30. The molecule has 16 heavy (non-hydrogen) atoms. The first kappa shape index (κ1) is 14.7. The summed E-state index contributed by atoms with van der Waals surface area (Å²) in [5, 5.41) is 0. The van der Waals surface area contributed by atoms with Crippen LogP contribution in [0.25, 0.3) is 0 Å². The van der Waals surface area contributed by atoms with Crippen molar-refractivity contribution in [3.63, 3.8) is 0 Å². The van der Waals surface area contributed by atoms with Crippen molar-refractivity contribution < 1.29 is 19.1 Å². The molecule has 1 atom stereocenters. The highest BCUT2D eigenvalue weighted by atomic mass is 16.6. The molecule has 0 spiro atoms. The first-order chi connectivity index (χ1) is 7.30. The number of rotatable bonds is 6. The van der Waals surface area contributed by atoms with Gasteiger partial charge in [0.2, 0.25) is 0 Å². The quantitative estimate of drug-likeness (QED) is 0.516. The summed E-state index contributed by atoms with van der Waals surface area (Å²) < 4.78 is 10.2. The van der Waals surface area contributed by atoms with Crippen molar-refractivity contribution >= 4 is 11.9 Å². The third-order valence-corrected chi connectivity index (χ3v) is 1.94. The molecule has 0 aliphatic carbocycles. The van der Waals surface area contributed by atoms with Crippen molar-refractivity contribution in [2.24, 2.45) is 0 Å². The van der Waals surface area contributed by atoms with Crippen LogP contribution in [0.3, 0.4) is 0 Å². The molecule has 0 aliphatic rings. The first-order valence-corrected chi connectivity index (χ1v) is 5.35. The number of carbonyl (C=O) groups excluding carboxylic acids is 2. The van der Waals surface area contributed by atoms with Gasteiger partial charge in [-0.25, -0.2) is 4.79 Å². The van der Waals surface area contributed by atoms with Crippen molar-refractivity contribution in [1.29, 1.82) is 0 Å². The van der Waals surface area contributed by atoms with Crippen LogP contribution in [0.4, 0.5) is 0 Å². The Morgan fingerprint density at radius 2 is 2.00 bits per heavy atom. The summed E-state index contributed by atoms with van der Waals surface area (Å²) >= 11 is 0. The minimum atomic E-state index is -0.668. The largest absolute Gasteiger partial charge is 0.463 e. The molecular formula is C12H20O4. The summed E-state index contributed by atoms with van der Waals surface area (Å²) in [5.41, 5.74) is -0.668. The van der Waals surface area contributed by atoms with E-state index in [4.69, 9.17) is 9.47 Å². The van der Waals surface area contributed by atoms with Gasteiger partial charge in [-0.3, -0.25) is 4.79 Å². The van der Waals surface area contributed by atoms with Crippen LogP contribution < -0.4 is 0 Å². The van der Waals surface area contributed by atoms with E-state index in [0.717, 1.165) is 6.08 Å². The van der Waals surface area contributed by atoms with Crippen molar-refractivity contribution in [2.75, 3.05) is 0 Å². The van der Waals surface area contributed by atoms with E-state index < -0.39 is 11.6 Å². The lowest BCUT2D eigenvalue weighted by Crippen LogP contribution is -2.32. The van der Waals surface area contributed by atoms with E-state index in [1.807, 2.05) is 0 Å². The van der Waals surface area contributed by atoms with Gasteiger partial charge in [0, 0.05) is 18.9 Å². The van der Waals surface area contributed by atoms with Crippen LogP contribution in [0.5, 0.6) is 0 Å². The highest BCUT2D eigenvalue weighted by Crippen LogP contribution is 2.19. The van der Waals surface area contributed by atoms with E-state index in [2.05, 4.69) is 6.58 Å². The molecular weight excluding hydrogens is 208 g/mol. The van der Waals surface area contributed by atoms with Gasteiger partial charge < -0.3 is 9.47 Å². The molecule has 0 saturated heterocycles. The van der Waals surface area contributed by atoms with E-state index in [1.165, 1.54) is 0 Å². The lowest BCUT2D eigenvalue weighted by Gasteiger charge is -2.27. The molecule has 0 aromatic rings. The van der Waals surface area contributed by atoms with Gasteiger partial charge in [0.25, 0.3) is 0 Å². The van der Waals surface area contributed by atoms with Gasteiger partial charge in [-0.05, 0) is 20.8 Å². The second-order valence-electron chi connectivity index (χ2n) is 4.24. The smallest absolute Gasteiger partial charge is 0.330 e. The summed E-state index contributed by atoms with van der Waals surface area (Å²) in [4.78, 5) is 22.1. The Labute approximate surface area is 96.6 Å². The summed E-state index contributed by atoms with van der Waals surface area (Å²) in [6.45, 7) is 10.4. The molecule has 1 unspecified atom stereocenters. The summed E-state index contributed by atoms with van der Waals surface area (Å²) in [6.07, 6.45) is 1.64. The Kier molecular flexibility index (Phi) is 5.78. The van der Waals surface area contributed by atoms with Gasteiger partial charge in [0.1, 0.15) is 11.7 Å². The molecule has 0 N–H and O–H groups in total. The average Bonchev–Trinajstić information content (AvgIpc) is 2.15. The topological polar surface area (TPSA) is 52.6 Å². The molecule has 0 saturated carbocycles. The minimum Gasteiger partial charge on any atom is -0.463 e. The summed E-state index contributed by atoms with van der Waals surface area (Å²) in [5.74, 6) is -0.725. The molecule has 0 aromatic heterocycles. The molecule has 4 nitrogen and oxygen atoms in total. The van der Waals surface area contributed by atoms with Crippen LogP contribution >= 0.6 is 0 Å². The second-order valence-corrected chi connectivity index (χ2v) is 4.24. The van der Waals surface area contributed by atoms with Crippen LogP contribution in [-0.4, -0.2) is 23.6 Å². The number of carbonyl (C=O) groups is 2. The van der Waals surface area contributed by atoms with E-state index in [0.29, 0.717) is 12.8 Å². The maximum Gasteiger partial charge on any atom is 0.330 e. The monoisotopic (exact) mass is 228 g/mol. The molecule has 0 heterocycles. The van der Waals surface area contributed by atoms with E-state index in [1.54, 1.807) is 27.7 Å². The molecule has 0 aromatic carbocycles. The van der Waals surface area contributed by atoms with Crippen LogP contribution in [0, 0.1) is 0 Å². The van der Waals surface area contributed by atoms with Crippen LogP contribution in [0.1, 0.15) is 40.5 Å². The zero-order chi connectivity index (χ0) is 12.8. The number of esters is 2. The Hall–Kier alpha value is -1.32. The number of hydrogen-bond donors (Lipinski definition) is 0. The van der Waals surface area contributed by atoms with Crippen molar-refractivity contribution in [2.45, 2.75) is 52.2 Å². The zero-order valence-corrected chi connectivity index (χ0v) is 10.4. The highest BCUT2D eigenvalue weighted by Gasteiger charge is 2.26. The fraction of sp³-hybridized carbons (Fsp3) is 0.667. The standard InChI is InChI=1S/C12H20O4/c1-6-10(13)15-9(3)8-12(4,5)16-11(14)7-2/h7,9H,2,6,8H2,1,3-5H3. The molecule has 0 fully saturated rings. The normalized spacial score (nSPS) is 12.8. The van der Waals surface area contributed by atoms with E-state index >= 15 is 0 Å². The lowest BCUT2D eigenvalue weighted by atomic mass is 10.0. The van der Waals surface area contributed by atoms with Gasteiger partial charge >= 0.3 is 11.9 Å². The molecule has 0 amide bonds. The average molecular weight is 228 g/mol. The minimum absolute atomic E-state index is 0.252. The Bertz CT molecular complexity index is 268. The highest BCUT2D eigenvalue weighted by molar-refractivity contribution is 5.81. The van der Waals surface area contributed by atoms with Crippen molar-refractivity contribution in [3.05, 3.63) is 12.7 Å². The third kappa shape index (κ3) is 6.22. The maximum absolute atomic E-state index is 11.0. The number of hydrogen-bond acceptors (Lipinski definition) is 4. The van der Waals surface area contributed by atoms with Crippen molar-refractivity contribution in [1.82, 2.24) is 0 Å². The maximum atomic E-state index is 11.0. The van der Waals surface area contributed by atoms with Crippen molar-refractivity contribution in [3.8, 4) is 0 Å². The van der Waals surface area contributed by atoms with E-state index in [9.17, 15) is 9.59 Å². The van der Waals surface area contributed by atoms with Gasteiger partial charge in [0.05, 0.1) is 0 Å². The van der Waals surface area contributed by atoms with Crippen LogP contribution in [0.15, 0.2) is 12.7 Å². The Morgan fingerprint density at radius 1 is 1.44 bits per heavy atom. The molecule has 92 valence electrons. The van der Waals surface area contributed by atoms with Gasteiger partial charge in [-0.15, -0.1) is 0 Å². The molecule has 0 aliphatic heterocycles. The molecule has 0 rings (SSSR count). The Balaban J connectivity index is 4.18. The van der Waals surface area contributed by atoms with Gasteiger partial charge in [-0.2, -0.15) is 0 Å². The van der Waals surface area contributed by atoms with Gasteiger partial charge in [0.15, 0.2) is 0 Å². The molecule has 0 bridgehead atoms. The van der Waals surface area contributed by atoms with Crippen LogP contribution in [-0.2, 0) is 19.1 Å². The molecule has 4 heteroatoms. The summed E-state index contributed by atoms with van der Waals surface area (Å²) in [7, 11) is 0. The third-order valence-electron chi connectivity index (χ3n) is 1.94. The Morgan fingerprint density at radius 3 is 2.44 bits per heavy atom. The van der Waals surface area contributed by atoms with Crippen LogP contribution in [0.2, 0.25) is 0 Å². The zero-order valence-electron chi connectivity index (χ0n) is 10.4. The predicted octanol–water partition coefficient (Wildman–Crippen LogP) is 2.23. The SMILES string of the molecule is C=CC(=O)OC(C)(C)CC(C)OC(=O)CC. The fourth-order valence-electron chi connectivity index (χ4n) is 1.40. The van der Waals surface area contributed by atoms with Gasteiger partial charge in [-0.1, -0.05) is 13.5 Å². The van der Waals surface area contributed by atoms with E-state index in [-0.39, 0.29) is 12.1 Å².